The van der Waals surface area contributed by atoms with Crippen LogP contribution in [0.25, 0.3) is 78.0 Å². The Morgan fingerprint density at radius 1 is 0.638 bits per heavy atom. The quantitative estimate of drug-likeness (QED) is 0.142. The van der Waals surface area contributed by atoms with Gasteiger partial charge in [-0.05, 0) is 138 Å². The van der Waals surface area contributed by atoms with E-state index < -0.39 is 0 Å². The lowest BCUT2D eigenvalue weighted by molar-refractivity contribution is 0.975. The van der Waals surface area contributed by atoms with E-state index in [1.54, 1.807) is 0 Å². The van der Waals surface area contributed by atoms with E-state index >= 15 is 0 Å². The fourth-order valence-corrected chi connectivity index (χ4v) is 8.94. The second kappa shape index (κ2) is 15.2. The molecule has 3 heterocycles. The maximum atomic E-state index is 4.73. The first-order chi connectivity index (χ1) is 28.6. The zero-order valence-electron chi connectivity index (χ0n) is 32.9. The van der Waals surface area contributed by atoms with Gasteiger partial charge in [0.25, 0.3) is 0 Å². The van der Waals surface area contributed by atoms with Crippen molar-refractivity contribution in [3.05, 3.63) is 211 Å². The van der Waals surface area contributed by atoms with Gasteiger partial charge in [0.2, 0.25) is 0 Å². The molecule has 3 aliphatic rings. The summed E-state index contributed by atoms with van der Waals surface area (Å²) in [5.41, 5.74) is 18.1. The third kappa shape index (κ3) is 6.39. The molecule has 3 nitrogen and oxygen atoms in total. The fraction of sp³-hybridized carbons (Fsp3) is 0.109. The number of aryl methyl sites for hydroxylation is 1. The van der Waals surface area contributed by atoms with Crippen LogP contribution >= 0.6 is 0 Å². The second-order valence-electron chi connectivity index (χ2n) is 15.5. The molecule has 0 saturated heterocycles. The highest BCUT2D eigenvalue weighted by atomic mass is 15.0. The van der Waals surface area contributed by atoms with Gasteiger partial charge < -0.3 is 9.13 Å². The third-order valence-electron chi connectivity index (χ3n) is 11.9. The standard InChI is InChI=1S/C55H45N3/c1-3-46(57-52-23-12-10-21-48(52)49-22-11-13-24-53(49)57)29-25-38(2)44-33-45(37-56-36-44)41-19-14-20-47(30-26-41)58-54-31-27-42(39-15-6-4-7-16-39)34-50(54)51-35-43(28-32-55(51)58)40-17-8-5-9-18-40/h3-4,6-8,10,12-19,21,23-37H,1,5,9,11,20,22H2,2H3/b38-25+,46-29+. The van der Waals surface area contributed by atoms with Crippen LogP contribution in [0.5, 0.6) is 0 Å². The van der Waals surface area contributed by atoms with Gasteiger partial charge in [-0.25, -0.2) is 0 Å². The molecule has 0 amide bonds. The summed E-state index contributed by atoms with van der Waals surface area (Å²) in [6, 6.07) is 35.6. The maximum absolute atomic E-state index is 4.73. The Hall–Kier alpha value is -6.97. The van der Waals surface area contributed by atoms with Crippen LogP contribution in [0.15, 0.2) is 183 Å². The van der Waals surface area contributed by atoms with Gasteiger partial charge in [-0.3, -0.25) is 4.98 Å². The Morgan fingerprint density at radius 3 is 2.24 bits per heavy atom. The van der Waals surface area contributed by atoms with Crippen molar-refractivity contribution in [2.75, 3.05) is 0 Å². The summed E-state index contributed by atoms with van der Waals surface area (Å²) < 4.78 is 4.81. The maximum Gasteiger partial charge on any atom is 0.0538 e. The van der Waals surface area contributed by atoms with Gasteiger partial charge in [0.05, 0.1) is 16.6 Å². The molecule has 58 heavy (non-hydrogen) atoms. The lowest BCUT2D eigenvalue weighted by Gasteiger charge is -2.12. The number of hydrogen-bond acceptors (Lipinski definition) is 1. The summed E-state index contributed by atoms with van der Waals surface area (Å²) >= 11 is 0. The van der Waals surface area contributed by atoms with E-state index in [4.69, 9.17) is 4.98 Å². The molecule has 0 bridgehead atoms. The Kier molecular flexibility index (Phi) is 9.27. The van der Waals surface area contributed by atoms with E-state index in [0.717, 1.165) is 60.1 Å². The SMILES string of the molecule is C=C/C(=C\C=C(/C)c1cncc(C2=CC=C(n3c4ccc(C5=CCCC=C5)cc4c4cc(-c5ccccc5)ccc43)CC=C2)c1)n1c2c(c3ccccc31)CCC=C2. The molecule has 0 N–H and O–H groups in total. The Morgan fingerprint density at radius 2 is 1.41 bits per heavy atom. The number of hydrogen-bond donors (Lipinski definition) is 0. The lowest BCUT2D eigenvalue weighted by atomic mass is 9.97. The molecule has 10 rings (SSSR count). The van der Waals surface area contributed by atoms with E-state index in [1.807, 2.05) is 18.5 Å². The average Bonchev–Trinajstić information content (AvgIpc) is 3.67. The predicted octanol–water partition coefficient (Wildman–Crippen LogP) is 14.5. The smallest absolute Gasteiger partial charge is 0.0538 e. The number of fused-ring (bicyclic) bond motifs is 6. The second-order valence-corrected chi connectivity index (χ2v) is 15.5. The minimum Gasteiger partial charge on any atom is -0.313 e. The van der Waals surface area contributed by atoms with Crippen LogP contribution in [-0.4, -0.2) is 14.1 Å². The fourth-order valence-electron chi connectivity index (χ4n) is 8.94. The van der Waals surface area contributed by atoms with Gasteiger partial charge in [-0.2, -0.15) is 0 Å². The van der Waals surface area contributed by atoms with Crippen LogP contribution in [0.1, 0.15) is 60.6 Å². The molecular formula is C55H45N3. The molecule has 3 aliphatic carbocycles. The van der Waals surface area contributed by atoms with Crippen molar-refractivity contribution in [2.45, 2.75) is 39.0 Å². The van der Waals surface area contributed by atoms with Gasteiger partial charge in [0.1, 0.15) is 0 Å². The number of aromatic nitrogens is 3. The minimum atomic E-state index is 0.809. The molecule has 0 radical (unpaired) electrons. The van der Waals surface area contributed by atoms with Gasteiger partial charge >= 0.3 is 0 Å². The highest BCUT2D eigenvalue weighted by molar-refractivity contribution is 6.12. The Balaban J connectivity index is 1.01. The van der Waals surface area contributed by atoms with Gasteiger partial charge in [-0.15, -0.1) is 0 Å². The van der Waals surface area contributed by atoms with Crippen LogP contribution in [-0.2, 0) is 6.42 Å². The number of benzene rings is 4. The zero-order valence-corrected chi connectivity index (χ0v) is 32.9. The number of nitrogens with zero attached hydrogens (tertiary/aromatic N) is 3. The molecular weight excluding hydrogens is 703 g/mol. The summed E-state index contributed by atoms with van der Waals surface area (Å²) in [5.74, 6) is 0. The molecule has 0 spiro atoms. The van der Waals surface area contributed by atoms with Crippen LogP contribution < -0.4 is 0 Å². The lowest BCUT2D eigenvalue weighted by Crippen LogP contribution is -2.00. The molecule has 3 heteroatoms. The van der Waals surface area contributed by atoms with Gasteiger partial charge in [0.15, 0.2) is 0 Å². The van der Waals surface area contributed by atoms with Crippen molar-refractivity contribution >= 4 is 66.9 Å². The molecule has 0 saturated carbocycles. The van der Waals surface area contributed by atoms with Crippen molar-refractivity contribution in [3.63, 3.8) is 0 Å². The molecule has 0 fully saturated rings. The monoisotopic (exact) mass is 747 g/mol. The Bertz CT molecular complexity index is 3030. The van der Waals surface area contributed by atoms with Gasteiger partial charge in [0, 0.05) is 57.6 Å². The van der Waals surface area contributed by atoms with E-state index in [9.17, 15) is 0 Å². The number of allylic oxidation sites excluding steroid dienone is 16. The first-order valence-corrected chi connectivity index (χ1v) is 20.5. The first-order valence-electron chi connectivity index (χ1n) is 20.5. The van der Waals surface area contributed by atoms with Crippen molar-refractivity contribution in [1.82, 2.24) is 14.1 Å². The topological polar surface area (TPSA) is 22.8 Å². The molecule has 0 unspecified atom stereocenters. The summed E-state index contributed by atoms with van der Waals surface area (Å²) in [6.07, 6.45) is 36.0. The van der Waals surface area contributed by atoms with Crippen molar-refractivity contribution < 1.29 is 0 Å². The summed E-state index contributed by atoms with van der Waals surface area (Å²) in [7, 11) is 0. The molecule has 3 aromatic heterocycles. The first kappa shape index (κ1) is 35.4. The van der Waals surface area contributed by atoms with E-state index in [0.29, 0.717) is 0 Å². The van der Waals surface area contributed by atoms with Crippen molar-refractivity contribution in [3.8, 4) is 11.1 Å². The summed E-state index contributed by atoms with van der Waals surface area (Å²) in [5, 5.41) is 3.87. The predicted molar refractivity (Wildman–Crippen MR) is 249 cm³/mol. The summed E-state index contributed by atoms with van der Waals surface area (Å²) in [4.78, 5) is 4.73. The van der Waals surface area contributed by atoms with E-state index in [-0.39, 0.29) is 0 Å². The number of pyridine rings is 1. The molecule has 4 aromatic carbocycles. The van der Waals surface area contributed by atoms with Crippen LogP contribution in [0.4, 0.5) is 0 Å². The van der Waals surface area contributed by atoms with Crippen LogP contribution in [0, 0.1) is 0 Å². The van der Waals surface area contributed by atoms with Crippen molar-refractivity contribution in [2.24, 2.45) is 0 Å². The highest BCUT2D eigenvalue weighted by Gasteiger charge is 2.19. The average molecular weight is 748 g/mol. The van der Waals surface area contributed by atoms with Gasteiger partial charge in [-0.1, -0.05) is 116 Å². The highest BCUT2D eigenvalue weighted by Crippen LogP contribution is 2.39. The van der Waals surface area contributed by atoms with E-state index in [2.05, 4.69) is 187 Å². The molecule has 280 valence electrons. The third-order valence-corrected chi connectivity index (χ3v) is 11.9. The van der Waals surface area contributed by atoms with Crippen molar-refractivity contribution in [1.29, 1.82) is 0 Å². The number of para-hydroxylation sites is 1. The molecule has 0 aliphatic heterocycles. The van der Waals surface area contributed by atoms with Crippen LogP contribution in [0.3, 0.4) is 0 Å². The normalized spacial score (nSPS) is 15.7. The number of rotatable bonds is 8. The Labute approximate surface area is 340 Å². The largest absolute Gasteiger partial charge is 0.313 e. The zero-order chi connectivity index (χ0) is 39.0. The van der Waals surface area contributed by atoms with E-state index in [1.165, 1.54) is 71.9 Å². The summed E-state index contributed by atoms with van der Waals surface area (Å²) in [6.45, 7) is 6.38. The minimum absolute atomic E-state index is 0.809. The van der Waals surface area contributed by atoms with Crippen LogP contribution in [0.2, 0.25) is 0 Å². The molecule has 0 atom stereocenters. The molecule has 7 aromatic rings.